The molecule has 0 aliphatic carbocycles. The number of amides is 2. The van der Waals surface area contributed by atoms with Crippen LogP contribution in [0.4, 0.5) is 5.69 Å². The number of hydrogen-bond donors (Lipinski definition) is 3. The number of nitrogens with two attached hydrogens (primary N) is 1. The van der Waals surface area contributed by atoms with Gasteiger partial charge < -0.3 is 16.4 Å². The van der Waals surface area contributed by atoms with E-state index < -0.39 is 5.91 Å². The summed E-state index contributed by atoms with van der Waals surface area (Å²) in [5.74, 6) is -0.619. The number of nitrogens with one attached hydrogen (secondary N) is 2. The fourth-order valence-corrected chi connectivity index (χ4v) is 2.08. The molecule has 2 aromatic rings. The Morgan fingerprint density at radius 1 is 1.09 bits per heavy atom. The summed E-state index contributed by atoms with van der Waals surface area (Å²) in [6.07, 6.45) is 0. The van der Waals surface area contributed by atoms with Gasteiger partial charge in [0.05, 0.1) is 12.6 Å². The quantitative estimate of drug-likeness (QED) is 0.763. The number of hydrogen-bond acceptors (Lipinski definition) is 3. The van der Waals surface area contributed by atoms with Crippen molar-refractivity contribution in [2.75, 3.05) is 11.9 Å². The maximum Gasteiger partial charge on any atom is 0.248 e. The van der Waals surface area contributed by atoms with Crippen LogP contribution in [0.25, 0.3) is 0 Å². The van der Waals surface area contributed by atoms with Crippen LogP contribution in [0.3, 0.4) is 0 Å². The lowest BCUT2D eigenvalue weighted by atomic mass is 10.1. The molecule has 0 aliphatic rings. The van der Waals surface area contributed by atoms with Gasteiger partial charge >= 0.3 is 0 Å². The minimum Gasteiger partial charge on any atom is -0.376 e. The van der Waals surface area contributed by atoms with Gasteiger partial charge in [-0.3, -0.25) is 9.59 Å². The molecule has 2 amide bonds. The summed E-state index contributed by atoms with van der Waals surface area (Å²) in [6, 6.07) is 16.4. The van der Waals surface area contributed by atoms with Crippen molar-refractivity contribution in [3.63, 3.8) is 0 Å². The van der Waals surface area contributed by atoms with E-state index in [1.54, 1.807) is 24.3 Å². The van der Waals surface area contributed by atoms with Gasteiger partial charge in [-0.1, -0.05) is 36.4 Å². The van der Waals surface area contributed by atoms with Gasteiger partial charge in [0.25, 0.3) is 0 Å². The highest BCUT2D eigenvalue weighted by Gasteiger charge is 2.09. The van der Waals surface area contributed by atoms with Gasteiger partial charge in [-0.2, -0.15) is 0 Å². The highest BCUT2D eigenvalue weighted by molar-refractivity contribution is 5.93. The molecule has 0 saturated carbocycles. The highest BCUT2D eigenvalue weighted by Crippen LogP contribution is 2.12. The normalized spacial score (nSPS) is 11.5. The zero-order chi connectivity index (χ0) is 15.9. The van der Waals surface area contributed by atoms with E-state index in [0.29, 0.717) is 11.3 Å². The molecule has 5 heteroatoms. The third kappa shape index (κ3) is 4.34. The van der Waals surface area contributed by atoms with Gasteiger partial charge in [0, 0.05) is 11.3 Å². The summed E-state index contributed by atoms with van der Waals surface area (Å²) in [6.45, 7) is 2.06. The van der Waals surface area contributed by atoms with Crippen molar-refractivity contribution in [1.82, 2.24) is 5.32 Å². The second-order valence-corrected chi connectivity index (χ2v) is 5.00. The third-order valence-electron chi connectivity index (χ3n) is 3.28. The Bertz CT molecular complexity index is 656. The molecule has 22 heavy (non-hydrogen) atoms. The van der Waals surface area contributed by atoms with E-state index in [1.807, 2.05) is 37.3 Å². The minimum absolute atomic E-state index is 0.0625. The largest absolute Gasteiger partial charge is 0.376 e. The summed E-state index contributed by atoms with van der Waals surface area (Å²) in [5, 5.41) is 5.89. The zero-order valence-corrected chi connectivity index (χ0v) is 12.4. The molecule has 0 radical (unpaired) electrons. The van der Waals surface area contributed by atoms with Gasteiger partial charge in [-0.25, -0.2) is 0 Å². The van der Waals surface area contributed by atoms with Crippen molar-refractivity contribution in [3.8, 4) is 0 Å². The lowest BCUT2D eigenvalue weighted by Gasteiger charge is -2.15. The first kappa shape index (κ1) is 15.6. The maximum atomic E-state index is 12.0. The number of primary amides is 1. The molecule has 1 atom stereocenters. The number of anilines is 1. The van der Waals surface area contributed by atoms with Crippen molar-refractivity contribution in [2.45, 2.75) is 13.0 Å². The molecule has 2 aromatic carbocycles. The van der Waals surface area contributed by atoms with Crippen molar-refractivity contribution >= 4 is 17.5 Å². The predicted octanol–water partition coefficient (Wildman–Crippen LogP) is 2.07. The molecule has 0 bridgehead atoms. The topological polar surface area (TPSA) is 84.2 Å². The fraction of sp³-hybridized carbons (Fsp3) is 0.176. The number of benzene rings is 2. The Balaban J connectivity index is 1.88. The van der Waals surface area contributed by atoms with Crippen LogP contribution in [0.15, 0.2) is 54.6 Å². The van der Waals surface area contributed by atoms with Crippen molar-refractivity contribution in [3.05, 3.63) is 65.7 Å². The molecule has 0 heterocycles. The molecule has 0 saturated heterocycles. The molecule has 0 fully saturated rings. The van der Waals surface area contributed by atoms with Gasteiger partial charge in [0.15, 0.2) is 0 Å². The van der Waals surface area contributed by atoms with Crippen molar-refractivity contribution in [2.24, 2.45) is 5.73 Å². The molecule has 0 unspecified atom stereocenters. The van der Waals surface area contributed by atoms with Gasteiger partial charge in [0.2, 0.25) is 11.8 Å². The first-order chi connectivity index (χ1) is 10.6. The molecule has 4 N–H and O–H groups in total. The van der Waals surface area contributed by atoms with Crippen LogP contribution in [0, 0.1) is 0 Å². The van der Waals surface area contributed by atoms with Gasteiger partial charge in [-0.15, -0.1) is 0 Å². The molecule has 2 rings (SSSR count). The monoisotopic (exact) mass is 297 g/mol. The Morgan fingerprint density at radius 3 is 2.50 bits per heavy atom. The SMILES string of the molecule is C[C@H](NC(=O)CNc1cccc(C(N)=O)c1)c1ccccc1. The lowest BCUT2D eigenvalue weighted by Crippen LogP contribution is -2.32. The van der Waals surface area contributed by atoms with Gasteiger partial charge in [-0.05, 0) is 30.7 Å². The van der Waals surface area contributed by atoms with Crippen LogP contribution < -0.4 is 16.4 Å². The van der Waals surface area contributed by atoms with E-state index in [1.165, 1.54) is 0 Å². The van der Waals surface area contributed by atoms with Crippen LogP contribution in [0.2, 0.25) is 0 Å². The lowest BCUT2D eigenvalue weighted by molar-refractivity contribution is -0.120. The molecule has 0 spiro atoms. The zero-order valence-electron chi connectivity index (χ0n) is 12.4. The first-order valence-electron chi connectivity index (χ1n) is 7.04. The molecular weight excluding hydrogens is 278 g/mol. The first-order valence-corrected chi connectivity index (χ1v) is 7.04. The van der Waals surface area contributed by atoms with Crippen LogP contribution in [-0.4, -0.2) is 18.4 Å². The fourth-order valence-electron chi connectivity index (χ4n) is 2.08. The maximum absolute atomic E-state index is 12.0. The third-order valence-corrected chi connectivity index (χ3v) is 3.28. The number of rotatable bonds is 6. The molecule has 5 nitrogen and oxygen atoms in total. The molecular formula is C17H19N3O2. The Morgan fingerprint density at radius 2 is 1.82 bits per heavy atom. The standard InChI is InChI=1S/C17H19N3O2/c1-12(13-6-3-2-4-7-13)20-16(21)11-19-15-9-5-8-14(10-15)17(18)22/h2-10,12,19H,11H2,1H3,(H2,18,22)(H,20,21)/t12-/m0/s1. The van der Waals surface area contributed by atoms with Gasteiger partial charge in [0.1, 0.15) is 0 Å². The van der Waals surface area contributed by atoms with Crippen LogP contribution in [0.5, 0.6) is 0 Å². The van der Waals surface area contributed by atoms with Crippen LogP contribution in [-0.2, 0) is 4.79 Å². The summed E-state index contributed by atoms with van der Waals surface area (Å²) in [5.41, 5.74) is 7.36. The second-order valence-electron chi connectivity index (χ2n) is 5.00. The van der Waals surface area contributed by atoms with E-state index in [2.05, 4.69) is 10.6 Å². The Kier molecular flexibility index (Phi) is 5.14. The van der Waals surface area contributed by atoms with E-state index in [9.17, 15) is 9.59 Å². The predicted molar refractivity (Wildman–Crippen MR) is 86.4 cm³/mol. The smallest absolute Gasteiger partial charge is 0.248 e. The average Bonchev–Trinajstić information content (AvgIpc) is 2.54. The van der Waals surface area contributed by atoms with E-state index in [0.717, 1.165) is 5.56 Å². The summed E-state index contributed by atoms with van der Waals surface area (Å²) in [4.78, 5) is 23.1. The van der Waals surface area contributed by atoms with E-state index in [-0.39, 0.29) is 18.5 Å². The Labute approximate surface area is 129 Å². The highest BCUT2D eigenvalue weighted by atomic mass is 16.2. The summed E-state index contributed by atoms with van der Waals surface area (Å²) in [7, 11) is 0. The Hall–Kier alpha value is -2.82. The number of carbonyl (C=O) groups is 2. The summed E-state index contributed by atoms with van der Waals surface area (Å²) < 4.78 is 0. The summed E-state index contributed by atoms with van der Waals surface area (Å²) >= 11 is 0. The number of carbonyl (C=O) groups excluding carboxylic acids is 2. The van der Waals surface area contributed by atoms with E-state index in [4.69, 9.17) is 5.73 Å². The molecule has 0 aliphatic heterocycles. The molecule has 0 aromatic heterocycles. The van der Waals surface area contributed by atoms with Crippen LogP contribution >= 0.6 is 0 Å². The second kappa shape index (κ2) is 7.26. The molecule has 114 valence electrons. The average molecular weight is 297 g/mol. The van der Waals surface area contributed by atoms with E-state index >= 15 is 0 Å². The minimum atomic E-state index is -0.495. The van der Waals surface area contributed by atoms with Crippen molar-refractivity contribution in [1.29, 1.82) is 0 Å². The van der Waals surface area contributed by atoms with Crippen molar-refractivity contribution < 1.29 is 9.59 Å². The van der Waals surface area contributed by atoms with Crippen LogP contribution in [0.1, 0.15) is 28.9 Å².